The molecule has 1 fully saturated rings. The maximum atomic E-state index is 11.9. The standard InChI is InChI=1S/C21H21NO4/c23-20(24)19(18-14-15-6-4-5-9-17(15)26-18)22-12-10-21(25,11-13-22)16-7-2-1-3-8-16/h1-9,14,19,25H,10-13H2,(H,23,24). The van der Waals surface area contributed by atoms with Gasteiger partial charge >= 0.3 is 5.97 Å². The van der Waals surface area contributed by atoms with Crippen LogP contribution in [0.25, 0.3) is 11.0 Å². The Morgan fingerprint density at radius 3 is 2.35 bits per heavy atom. The van der Waals surface area contributed by atoms with Crippen LogP contribution in [0.15, 0.2) is 65.1 Å². The van der Waals surface area contributed by atoms with Gasteiger partial charge in [0.15, 0.2) is 6.04 Å². The van der Waals surface area contributed by atoms with Gasteiger partial charge in [0.25, 0.3) is 0 Å². The van der Waals surface area contributed by atoms with Crippen LogP contribution in [0.3, 0.4) is 0 Å². The molecule has 1 saturated heterocycles. The van der Waals surface area contributed by atoms with E-state index in [1.807, 2.05) is 59.5 Å². The number of piperidine rings is 1. The highest BCUT2D eigenvalue weighted by Crippen LogP contribution is 2.36. The Balaban J connectivity index is 1.57. The van der Waals surface area contributed by atoms with Crippen LogP contribution >= 0.6 is 0 Å². The van der Waals surface area contributed by atoms with Crippen molar-refractivity contribution in [3.05, 3.63) is 72.0 Å². The number of para-hydroxylation sites is 1. The number of nitrogens with zero attached hydrogens (tertiary/aromatic N) is 1. The molecule has 1 aliphatic heterocycles. The van der Waals surface area contributed by atoms with E-state index in [1.165, 1.54) is 0 Å². The van der Waals surface area contributed by atoms with E-state index in [4.69, 9.17) is 4.42 Å². The fraction of sp³-hybridized carbons (Fsp3) is 0.286. The van der Waals surface area contributed by atoms with Gasteiger partial charge in [-0.15, -0.1) is 0 Å². The molecule has 0 aliphatic carbocycles. The molecule has 3 aromatic rings. The first-order valence-corrected chi connectivity index (χ1v) is 8.80. The molecule has 0 radical (unpaired) electrons. The molecule has 1 atom stereocenters. The number of likely N-dealkylation sites (tertiary alicyclic amines) is 1. The van der Waals surface area contributed by atoms with E-state index in [0.717, 1.165) is 10.9 Å². The molecule has 5 heteroatoms. The van der Waals surface area contributed by atoms with Crippen molar-refractivity contribution in [2.24, 2.45) is 0 Å². The molecule has 2 N–H and O–H groups in total. The van der Waals surface area contributed by atoms with Gasteiger partial charge in [0, 0.05) is 18.5 Å². The third-order valence-electron chi connectivity index (χ3n) is 5.25. The van der Waals surface area contributed by atoms with Gasteiger partial charge in [0.2, 0.25) is 0 Å². The highest BCUT2D eigenvalue weighted by molar-refractivity contribution is 5.81. The highest BCUT2D eigenvalue weighted by atomic mass is 16.4. The summed E-state index contributed by atoms with van der Waals surface area (Å²) < 4.78 is 5.80. The molecule has 2 aromatic carbocycles. The Morgan fingerprint density at radius 2 is 1.69 bits per heavy atom. The molecule has 1 aromatic heterocycles. The number of carboxylic acid groups (broad SMARTS) is 1. The number of benzene rings is 2. The summed E-state index contributed by atoms with van der Waals surface area (Å²) in [5.41, 5.74) is 0.663. The Labute approximate surface area is 151 Å². The molecular formula is C21H21NO4. The van der Waals surface area contributed by atoms with Crippen LogP contribution in [-0.2, 0) is 10.4 Å². The molecule has 134 valence electrons. The van der Waals surface area contributed by atoms with Gasteiger partial charge in [0.1, 0.15) is 11.3 Å². The normalized spacial score (nSPS) is 18.7. The number of aliphatic carboxylic acids is 1. The van der Waals surface area contributed by atoms with E-state index in [1.54, 1.807) is 6.07 Å². The van der Waals surface area contributed by atoms with Crippen molar-refractivity contribution in [2.75, 3.05) is 13.1 Å². The van der Waals surface area contributed by atoms with Gasteiger partial charge in [-0.2, -0.15) is 0 Å². The summed E-state index contributed by atoms with van der Waals surface area (Å²) in [6.07, 6.45) is 0.974. The van der Waals surface area contributed by atoms with Gasteiger partial charge in [-0.05, 0) is 30.5 Å². The average molecular weight is 351 g/mol. The maximum absolute atomic E-state index is 11.9. The predicted octanol–water partition coefficient (Wildman–Crippen LogP) is 3.54. The van der Waals surface area contributed by atoms with Crippen LogP contribution in [0.1, 0.15) is 30.2 Å². The third kappa shape index (κ3) is 3.00. The van der Waals surface area contributed by atoms with E-state index in [2.05, 4.69) is 0 Å². The third-order valence-corrected chi connectivity index (χ3v) is 5.25. The fourth-order valence-electron chi connectivity index (χ4n) is 3.78. The molecule has 0 amide bonds. The number of rotatable bonds is 4. The van der Waals surface area contributed by atoms with Gasteiger partial charge in [-0.1, -0.05) is 48.5 Å². The Kier molecular flexibility index (Phi) is 4.26. The molecule has 1 aliphatic rings. The SMILES string of the molecule is O=C(O)C(c1cc2ccccc2o1)N1CCC(O)(c2ccccc2)CC1. The van der Waals surface area contributed by atoms with Gasteiger partial charge < -0.3 is 14.6 Å². The monoisotopic (exact) mass is 351 g/mol. The Hall–Kier alpha value is -2.63. The summed E-state index contributed by atoms with van der Waals surface area (Å²) in [7, 11) is 0. The number of carboxylic acids is 1. The molecule has 1 unspecified atom stereocenters. The maximum Gasteiger partial charge on any atom is 0.328 e. The van der Waals surface area contributed by atoms with Gasteiger partial charge in [-0.25, -0.2) is 0 Å². The average Bonchev–Trinajstić information content (AvgIpc) is 3.07. The molecule has 4 rings (SSSR count). The second-order valence-electron chi connectivity index (χ2n) is 6.86. The molecular weight excluding hydrogens is 330 g/mol. The van der Waals surface area contributed by atoms with Crippen molar-refractivity contribution in [1.29, 1.82) is 0 Å². The lowest BCUT2D eigenvalue weighted by atomic mass is 9.84. The lowest BCUT2D eigenvalue weighted by molar-refractivity contribution is -0.146. The van der Waals surface area contributed by atoms with Crippen LogP contribution in [0.5, 0.6) is 0 Å². The quantitative estimate of drug-likeness (QED) is 0.752. The summed E-state index contributed by atoms with van der Waals surface area (Å²) in [4.78, 5) is 13.8. The first-order chi connectivity index (χ1) is 12.6. The van der Waals surface area contributed by atoms with Crippen LogP contribution < -0.4 is 0 Å². The fourth-order valence-corrected chi connectivity index (χ4v) is 3.78. The summed E-state index contributed by atoms with van der Waals surface area (Å²) in [6, 6.07) is 18.0. The Morgan fingerprint density at radius 1 is 1.04 bits per heavy atom. The van der Waals surface area contributed by atoms with Crippen molar-refractivity contribution >= 4 is 16.9 Å². The van der Waals surface area contributed by atoms with Crippen LogP contribution in [0.2, 0.25) is 0 Å². The van der Waals surface area contributed by atoms with Crippen molar-refractivity contribution in [3.63, 3.8) is 0 Å². The van der Waals surface area contributed by atoms with Crippen molar-refractivity contribution in [1.82, 2.24) is 4.90 Å². The zero-order valence-electron chi connectivity index (χ0n) is 14.3. The van der Waals surface area contributed by atoms with Crippen LogP contribution in [0.4, 0.5) is 0 Å². The summed E-state index contributed by atoms with van der Waals surface area (Å²) in [5, 5.41) is 21.7. The molecule has 5 nitrogen and oxygen atoms in total. The van der Waals surface area contributed by atoms with E-state index in [-0.39, 0.29) is 0 Å². The summed E-state index contributed by atoms with van der Waals surface area (Å²) in [6.45, 7) is 0.971. The first-order valence-electron chi connectivity index (χ1n) is 8.80. The van der Waals surface area contributed by atoms with E-state index < -0.39 is 17.6 Å². The van der Waals surface area contributed by atoms with Crippen molar-refractivity contribution < 1.29 is 19.4 Å². The highest BCUT2D eigenvalue weighted by Gasteiger charge is 2.39. The molecule has 0 bridgehead atoms. The number of carbonyl (C=O) groups is 1. The largest absolute Gasteiger partial charge is 0.480 e. The van der Waals surface area contributed by atoms with Crippen molar-refractivity contribution in [2.45, 2.75) is 24.5 Å². The summed E-state index contributed by atoms with van der Waals surface area (Å²) in [5.74, 6) is -0.502. The van der Waals surface area contributed by atoms with E-state index in [0.29, 0.717) is 37.3 Å². The number of hydrogen-bond donors (Lipinski definition) is 2. The molecule has 2 heterocycles. The number of aliphatic hydroxyl groups is 1. The second-order valence-corrected chi connectivity index (χ2v) is 6.86. The van der Waals surface area contributed by atoms with E-state index >= 15 is 0 Å². The zero-order valence-corrected chi connectivity index (χ0v) is 14.3. The minimum Gasteiger partial charge on any atom is -0.480 e. The topological polar surface area (TPSA) is 73.9 Å². The van der Waals surface area contributed by atoms with Gasteiger partial charge in [-0.3, -0.25) is 9.69 Å². The zero-order chi connectivity index (χ0) is 18.1. The predicted molar refractivity (Wildman–Crippen MR) is 97.7 cm³/mol. The Bertz CT molecular complexity index is 877. The lowest BCUT2D eigenvalue weighted by Gasteiger charge is -2.40. The van der Waals surface area contributed by atoms with Crippen LogP contribution in [-0.4, -0.2) is 34.2 Å². The molecule has 0 saturated carbocycles. The number of hydrogen-bond acceptors (Lipinski definition) is 4. The minimum atomic E-state index is -0.936. The number of furan rings is 1. The second kappa shape index (κ2) is 6.59. The van der Waals surface area contributed by atoms with Gasteiger partial charge in [0.05, 0.1) is 5.60 Å². The summed E-state index contributed by atoms with van der Waals surface area (Å²) >= 11 is 0. The minimum absolute atomic E-state index is 0.434. The molecule has 0 spiro atoms. The first kappa shape index (κ1) is 16.8. The smallest absolute Gasteiger partial charge is 0.328 e. The molecule has 26 heavy (non-hydrogen) atoms. The van der Waals surface area contributed by atoms with Crippen LogP contribution in [0, 0.1) is 0 Å². The lowest BCUT2D eigenvalue weighted by Crippen LogP contribution is -2.45. The number of fused-ring (bicyclic) bond motifs is 1. The van der Waals surface area contributed by atoms with E-state index in [9.17, 15) is 15.0 Å². The van der Waals surface area contributed by atoms with Crippen molar-refractivity contribution in [3.8, 4) is 0 Å².